The number of fused-ring (bicyclic) bond motifs is 1. The van der Waals surface area contributed by atoms with Crippen LogP contribution in [0.4, 0.5) is 0 Å². The Morgan fingerprint density at radius 2 is 1.75 bits per heavy atom. The van der Waals surface area contributed by atoms with Crippen molar-refractivity contribution in [1.29, 1.82) is 0 Å². The first kappa shape index (κ1) is 13.2. The van der Waals surface area contributed by atoms with Gasteiger partial charge in [0, 0.05) is 10.0 Å². The Morgan fingerprint density at radius 1 is 0.950 bits per heavy atom. The Hall–Kier alpha value is -1.84. The molecule has 20 heavy (non-hydrogen) atoms. The lowest BCUT2D eigenvalue weighted by Crippen LogP contribution is -2.20. The van der Waals surface area contributed by atoms with Crippen molar-refractivity contribution in [3.63, 3.8) is 0 Å². The summed E-state index contributed by atoms with van der Waals surface area (Å²) < 4.78 is 0. The Morgan fingerprint density at radius 3 is 2.55 bits per heavy atom. The molecule has 2 aromatic rings. The van der Waals surface area contributed by atoms with Crippen molar-refractivity contribution in [1.82, 2.24) is 5.32 Å². The summed E-state index contributed by atoms with van der Waals surface area (Å²) in [5.74, 6) is -0.720. The summed E-state index contributed by atoms with van der Waals surface area (Å²) in [5, 5.41) is 3.46. The van der Waals surface area contributed by atoms with Crippen LogP contribution in [0.3, 0.4) is 0 Å². The normalized spacial score (nSPS) is 13.3. The summed E-state index contributed by atoms with van der Waals surface area (Å²) in [4.78, 5) is 23.5. The molecule has 1 heterocycles. The summed E-state index contributed by atoms with van der Waals surface area (Å²) in [7, 11) is 0. The van der Waals surface area contributed by atoms with Crippen LogP contribution >= 0.6 is 23.2 Å². The molecule has 0 radical (unpaired) electrons. The van der Waals surface area contributed by atoms with Crippen LogP contribution in [0, 0.1) is 0 Å². The number of imide groups is 1. The van der Waals surface area contributed by atoms with E-state index >= 15 is 0 Å². The predicted octanol–water partition coefficient (Wildman–Crippen LogP) is 3.47. The van der Waals surface area contributed by atoms with Crippen LogP contribution in [0.25, 0.3) is 0 Å². The molecule has 1 N–H and O–H groups in total. The van der Waals surface area contributed by atoms with Gasteiger partial charge >= 0.3 is 0 Å². The minimum atomic E-state index is -0.362. The van der Waals surface area contributed by atoms with Crippen molar-refractivity contribution in [3.05, 3.63) is 68.7 Å². The number of carbonyl (C=O) groups excluding carboxylic acids is 2. The second-order valence-electron chi connectivity index (χ2n) is 4.54. The molecule has 0 aliphatic carbocycles. The molecule has 0 saturated heterocycles. The standard InChI is InChI=1S/C15H9Cl2NO2/c16-10-4-5-12(17)9(7-10)6-8-2-1-3-11-13(8)15(20)18-14(11)19/h1-5,7H,6H2,(H,18,19,20). The van der Waals surface area contributed by atoms with Crippen molar-refractivity contribution in [2.75, 3.05) is 0 Å². The first-order chi connectivity index (χ1) is 9.56. The second kappa shape index (κ2) is 4.93. The highest BCUT2D eigenvalue weighted by Gasteiger charge is 2.29. The van der Waals surface area contributed by atoms with E-state index in [9.17, 15) is 9.59 Å². The van der Waals surface area contributed by atoms with E-state index in [2.05, 4.69) is 5.32 Å². The number of hydrogen-bond donors (Lipinski definition) is 1. The molecule has 5 heteroatoms. The molecule has 0 spiro atoms. The van der Waals surface area contributed by atoms with Gasteiger partial charge in [0.1, 0.15) is 0 Å². The minimum absolute atomic E-state index is 0.357. The lowest BCUT2D eigenvalue weighted by atomic mass is 9.97. The summed E-state index contributed by atoms with van der Waals surface area (Å²) in [6.07, 6.45) is 0.448. The van der Waals surface area contributed by atoms with E-state index in [0.717, 1.165) is 11.1 Å². The molecule has 2 amide bonds. The molecular formula is C15H9Cl2NO2. The largest absolute Gasteiger partial charge is 0.288 e. The maximum Gasteiger partial charge on any atom is 0.259 e. The fourth-order valence-corrected chi connectivity index (χ4v) is 2.70. The zero-order chi connectivity index (χ0) is 14.3. The Balaban J connectivity index is 2.07. The third-order valence-electron chi connectivity index (χ3n) is 3.24. The van der Waals surface area contributed by atoms with Crippen molar-refractivity contribution in [2.24, 2.45) is 0 Å². The molecule has 1 aliphatic heterocycles. The highest BCUT2D eigenvalue weighted by Crippen LogP contribution is 2.27. The van der Waals surface area contributed by atoms with Gasteiger partial charge in [-0.25, -0.2) is 0 Å². The van der Waals surface area contributed by atoms with Gasteiger partial charge in [-0.1, -0.05) is 35.3 Å². The molecular weight excluding hydrogens is 297 g/mol. The van der Waals surface area contributed by atoms with Gasteiger partial charge in [-0.15, -0.1) is 0 Å². The zero-order valence-corrected chi connectivity index (χ0v) is 11.8. The molecule has 0 saturated carbocycles. The van der Waals surface area contributed by atoms with Gasteiger partial charge in [0.2, 0.25) is 0 Å². The van der Waals surface area contributed by atoms with E-state index in [-0.39, 0.29) is 11.8 Å². The molecule has 1 aliphatic rings. The number of benzene rings is 2. The van der Waals surface area contributed by atoms with E-state index in [1.807, 2.05) is 6.07 Å². The van der Waals surface area contributed by atoms with E-state index in [1.54, 1.807) is 30.3 Å². The third-order valence-corrected chi connectivity index (χ3v) is 3.84. The first-order valence-electron chi connectivity index (χ1n) is 5.98. The van der Waals surface area contributed by atoms with Crippen LogP contribution in [0.5, 0.6) is 0 Å². The van der Waals surface area contributed by atoms with Gasteiger partial charge in [-0.2, -0.15) is 0 Å². The number of carbonyl (C=O) groups is 2. The van der Waals surface area contributed by atoms with Crippen LogP contribution in [-0.4, -0.2) is 11.8 Å². The monoisotopic (exact) mass is 305 g/mol. The molecule has 0 aromatic heterocycles. The molecule has 100 valence electrons. The average Bonchev–Trinajstić information content (AvgIpc) is 2.71. The zero-order valence-electron chi connectivity index (χ0n) is 10.2. The number of rotatable bonds is 2. The molecule has 3 rings (SSSR count). The van der Waals surface area contributed by atoms with Crippen molar-refractivity contribution < 1.29 is 9.59 Å². The summed E-state index contributed by atoms with van der Waals surface area (Å²) in [6, 6.07) is 10.4. The SMILES string of the molecule is O=C1NC(=O)c2c(Cc3cc(Cl)ccc3Cl)cccc21. The first-order valence-corrected chi connectivity index (χ1v) is 6.73. The number of halogens is 2. The van der Waals surface area contributed by atoms with Crippen LogP contribution in [0.15, 0.2) is 36.4 Å². The van der Waals surface area contributed by atoms with E-state index in [4.69, 9.17) is 23.2 Å². The maximum absolute atomic E-state index is 11.8. The minimum Gasteiger partial charge on any atom is -0.288 e. The summed E-state index contributed by atoms with van der Waals surface area (Å²) >= 11 is 12.1. The smallest absolute Gasteiger partial charge is 0.259 e. The quantitative estimate of drug-likeness (QED) is 0.864. The number of hydrogen-bond acceptors (Lipinski definition) is 2. The van der Waals surface area contributed by atoms with Crippen molar-refractivity contribution >= 4 is 35.0 Å². The fraction of sp³-hybridized carbons (Fsp3) is 0.0667. The lowest BCUT2D eigenvalue weighted by molar-refractivity contribution is 0.0879. The third kappa shape index (κ3) is 2.19. The highest BCUT2D eigenvalue weighted by atomic mass is 35.5. The molecule has 0 fully saturated rings. The average molecular weight is 306 g/mol. The van der Waals surface area contributed by atoms with Gasteiger partial charge in [-0.05, 0) is 41.8 Å². The van der Waals surface area contributed by atoms with Gasteiger partial charge in [0.25, 0.3) is 11.8 Å². The van der Waals surface area contributed by atoms with Crippen LogP contribution in [-0.2, 0) is 6.42 Å². The van der Waals surface area contributed by atoms with Crippen molar-refractivity contribution in [2.45, 2.75) is 6.42 Å². The fourth-order valence-electron chi connectivity index (χ4n) is 2.32. The Kier molecular flexibility index (Phi) is 3.24. The van der Waals surface area contributed by atoms with E-state index in [0.29, 0.717) is 27.6 Å². The topological polar surface area (TPSA) is 46.2 Å². The Labute approximate surface area is 125 Å². The maximum atomic E-state index is 11.8. The van der Waals surface area contributed by atoms with Crippen LogP contribution in [0.1, 0.15) is 31.8 Å². The van der Waals surface area contributed by atoms with Gasteiger partial charge < -0.3 is 0 Å². The van der Waals surface area contributed by atoms with Gasteiger partial charge in [-0.3, -0.25) is 14.9 Å². The molecule has 2 aromatic carbocycles. The summed E-state index contributed by atoms with van der Waals surface area (Å²) in [6.45, 7) is 0. The van der Waals surface area contributed by atoms with E-state index in [1.165, 1.54) is 0 Å². The van der Waals surface area contributed by atoms with Gasteiger partial charge in [0.05, 0.1) is 11.1 Å². The van der Waals surface area contributed by atoms with Crippen LogP contribution < -0.4 is 5.32 Å². The summed E-state index contributed by atoms with van der Waals surface area (Å²) in [5.41, 5.74) is 2.41. The molecule has 0 bridgehead atoms. The number of amides is 2. The predicted molar refractivity (Wildman–Crippen MR) is 77.5 cm³/mol. The van der Waals surface area contributed by atoms with E-state index < -0.39 is 0 Å². The molecule has 3 nitrogen and oxygen atoms in total. The van der Waals surface area contributed by atoms with Crippen LogP contribution in [0.2, 0.25) is 10.0 Å². The molecule has 0 unspecified atom stereocenters. The number of nitrogens with one attached hydrogen (secondary N) is 1. The molecule has 0 atom stereocenters. The van der Waals surface area contributed by atoms with Crippen molar-refractivity contribution in [3.8, 4) is 0 Å². The van der Waals surface area contributed by atoms with Gasteiger partial charge in [0.15, 0.2) is 0 Å². The Bertz CT molecular complexity index is 741. The second-order valence-corrected chi connectivity index (χ2v) is 5.38. The highest BCUT2D eigenvalue weighted by molar-refractivity contribution is 6.33. The lowest BCUT2D eigenvalue weighted by Gasteiger charge is -2.08.